The zero-order valence-electron chi connectivity index (χ0n) is 11.8. The minimum absolute atomic E-state index is 0.244. The number of pyridine rings is 1. The van der Waals surface area contributed by atoms with Crippen molar-refractivity contribution < 1.29 is 0 Å². The van der Waals surface area contributed by atoms with Gasteiger partial charge >= 0.3 is 0 Å². The molecule has 3 rings (SSSR count). The van der Waals surface area contributed by atoms with Gasteiger partial charge in [-0.1, -0.05) is 36.7 Å². The van der Waals surface area contributed by atoms with E-state index in [2.05, 4.69) is 41.5 Å². The van der Waals surface area contributed by atoms with Crippen LogP contribution in [0.2, 0.25) is 5.02 Å². The highest BCUT2D eigenvalue weighted by atomic mass is 35.5. The lowest BCUT2D eigenvalue weighted by Crippen LogP contribution is -2.22. The molecule has 1 aromatic carbocycles. The van der Waals surface area contributed by atoms with Crippen LogP contribution in [-0.4, -0.2) is 11.5 Å². The smallest absolute Gasteiger partial charge is 0.0704 e. The van der Waals surface area contributed by atoms with Crippen LogP contribution in [0.5, 0.6) is 0 Å². The summed E-state index contributed by atoms with van der Waals surface area (Å²) in [5.74, 6) is 0. The number of likely N-dealkylation sites (N-methyl/N-ethyl adjacent to an activating group) is 1. The molecule has 0 aliphatic heterocycles. The van der Waals surface area contributed by atoms with Crippen molar-refractivity contribution in [1.29, 1.82) is 0 Å². The Bertz CT molecular complexity index is 733. The second-order valence-corrected chi connectivity index (χ2v) is 6.29. The maximum Gasteiger partial charge on any atom is 0.0704 e. The first-order valence-electron chi connectivity index (χ1n) is 7.08. The van der Waals surface area contributed by atoms with E-state index < -0.39 is 0 Å². The molecule has 1 atom stereocenters. The minimum atomic E-state index is 0.244. The van der Waals surface area contributed by atoms with E-state index in [0.717, 1.165) is 23.5 Å². The standard InChI is InChI=1S/C17H17ClN2S/c1-2-19-16(17-14(18)8-10-21-17)11-12-7-9-20-15-6-4-3-5-13(12)15/h3-10,16,19H,2,11H2,1H3. The highest BCUT2D eigenvalue weighted by molar-refractivity contribution is 7.10. The first-order valence-corrected chi connectivity index (χ1v) is 8.34. The van der Waals surface area contributed by atoms with Gasteiger partial charge in [-0.15, -0.1) is 11.3 Å². The molecule has 1 N–H and O–H groups in total. The Kier molecular flexibility index (Phi) is 4.54. The number of aromatic nitrogens is 1. The molecule has 3 aromatic rings. The van der Waals surface area contributed by atoms with Gasteiger partial charge in [0.2, 0.25) is 0 Å². The highest BCUT2D eigenvalue weighted by Crippen LogP contribution is 2.32. The highest BCUT2D eigenvalue weighted by Gasteiger charge is 2.17. The number of benzene rings is 1. The Hall–Kier alpha value is -1.42. The molecule has 0 fully saturated rings. The van der Waals surface area contributed by atoms with Gasteiger partial charge in [0.15, 0.2) is 0 Å². The van der Waals surface area contributed by atoms with Crippen molar-refractivity contribution in [3.63, 3.8) is 0 Å². The van der Waals surface area contributed by atoms with Crippen LogP contribution in [-0.2, 0) is 6.42 Å². The van der Waals surface area contributed by atoms with Crippen LogP contribution < -0.4 is 5.32 Å². The molecule has 0 aliphatic carbocycles. The maximum absolute atomic E-state index is 6.31. The SMILES string of the molecule is CCNC(Cc1ccnc2ccccc12)c1sccc1Cl. The van der Waals surface area contributed by atoms with Gasteiger partial charge in [-0.3, -0.25) is 4.98 Å². The molecule has 0 radical (unpaired) electrons. The second-order valence-electron chi connectivity index (χ2n) is 4.93. The monoisotopic (exact) mass is 316 g/mol. The molecule has 0 bridgehead atoms. The number of fused-ring (bicyclic) bond motifs is 1. The van der Waals surface area contributed by atoms with Crippen molar-refractivity contribution in [2.45, 2.75) is 19.4 Å². The molecule has 4 heteroatoms. The average Bonchev–Trinajstić information content (AvgIpc) is 2.93. The van der Waals surface area contributed by atoms with Crippen molar-refractivity contribution in [1.82, 2.24) is 10.3 Å². The third-order valence-corrected chi connectivity index (χ3v) is 5.05. The van der Waals surface area contributed by atoms with Crippen LogP contribution in [0.15, 0.2) is 48.0 Å². The quantitative estimate of drug-likeness (QED) is 0.728. The van der Waals surface area contributed by atoms with Crippen molar-refractivity contribution >= 4 is 33.8 Å². The van der Waals surface area contributed by atoms with Crippen molar-refractivity contribution in [2.24, 2.45) is 0 Å². The van der Waals surface area contributed by atoms with E-state index in [1.807, 2.05) is 23.7 Å². The topological polar surface area (TPSA) is 24.9 Å². The molecular weight excluding hydrogens is 300 g/mol. The third kappa shape index (κ3) is 3.10. The van der Waals surface area contributed by atoms with E-state index in [1.54, 1.807) is 11.3 Å². The van der Waals surface area contributed by atoms with Gasteiger partial charge in [-0.25, -0.2) is 0 Å². The first-order chi connectivity index (χ1) is 10.3. The molecule has 0 spiro atoms. The predicted octanol–water partition coefficient (Wildman–Crippen LogP) is 4.84. The summed E-state index contributed by atoms with van der Waals surface area (Å²) >= 11 is 8.02. The molecular formula is C17H17ClN2S. The Morgan fingerprint density at radius 2 is 2.10 bits per heavy atom. The zero-order chi connectivity index (χ0) is 14.7. The van der Waals surface area contributed by atoms with Gasteiger partial charge in [0, 0.05) is 22.5 Å². The number of nitrogens with one attached hydrogen (secondary N) is 1. The fraction of sp³-hybridized carbons (Fsp3) is 0.235. The van der Waals surface area contributed by atoms with Gasteiger partial charge in [0.1, 0.15) is 0 Å². The predicted molar refractivity (Wildman–Crippen MR) is 91.2 cm³/mol. The van der Waals surface area contributed by atoms with Crippen molar-refractivity contribution in [2.75, 3.05) is 6.54 Å². The minimum Gasteiger partial charge on any atom is -0.309 e. The van der Waals surface area contributed by atoms with E-state index in [1.165, 1.54) is 15.8 Å². The zero-order valence-corrected chi connectivity index (χ0v) is 13.4. The van der Waals surface area contributed by atoms with Crippen LogP contribution >= 0.6 is 22.9 Å². The number of halogens is 1. The van der Waals surface area contributed by atoms with Crippen LogP contribution in [0.3, 0.4) is 0 Å². The first kappa shape index (κ1) is 14.5. The lowest BCUT2D eigenvalue weighted by atomic mass is 10.0. The van der Waals surface area contributed by atoms with Crippen LogP contribution in [0.4, 0.5) is 0 Å². The fourth-order valence-electron chi connectivity index (χ4n) is 2.61. The van der Waals surface area contributed by atoms with Gasteiger partial charge in [0.05, 0.1) is 10.5 Å². The van der Waals surface area contributed by atoms with Crippen LogP contribution in [0, 0.1) is 0 Å². The van der Waals surface area contributed by atoms with E-state index in [4.69, 9.17) is 11.6 Å². The fourth-order valence-corrected chi connectivity index (χ4v) is 3.88. The Labute approximate surface area is 133 Å². The molecule has 1 unspecified atom stereocenters. The van der Waals surface area contributed by atoms with E-state index in [-0.39, 0.29) is 6.04 Å². The van der Waals surface area contributed by atoms with Crippen molar-refractivity contribution in [3.05, 3.63) is 63.4 Å². The summed E-state index contributed by atoms with van der Waals surface area (Å²) in [6.45, 7) is 3.04. The molecule has 21 heavy (non-hydrogen) atoms. The number of rotatable bonds is 5. The largest absolute Gasteiger partial charge is 0.309 e. The van der Waals surface area contributed by atoms with Crippen LogP contribution in [0.25, 0.3) is 10.9 Å². The lowest BCUT2D eigenvalue weighted by Gasteiger charge is -2.18. The van der Waals surface area contributed by atoms with Crippen LogP contribution in [0.1, 0.15) is 23.4 Å². The summed E-state index contributed by atoms with van der Waals surface area (Å²) < 4.78 is 0. The molecule has 0 amide bonds. The molecule has 108 valence electrons. The number of hydrogen-bond acceptors (Lipinski definition) is 3. The number of thiophene rings is 1. The molecule has 2 nitrogen and oxygen atoms in total. The number of para-hydroxylation sites is 1. The summed E-state index contributed by atoms with van der Waals surface area (Å²) in [6, 6.07) is 12.6. The Morgan fingerprint density at radius 1 is 1.24 bits per heavy atom. The Balaban J connectivity index is 1.97. The molecule has 2 heterocycles. The molecule has 0 aliphatic rings. The van der Waals surface area contributed by atoms with Gasteiger partial charge in [0.25, 0.3) is 0 Å². The Morgan fingerprint density at radius 3 is 2.86 bits per heavy atom. The molecule has 0 saturated heterocycles. The van der Waals surface area contributed by atoms with Gasteiger partial charge in [-0.2, -0.15) is 0 Å². The van der Waals surface area contributed by atoms with E-state index >= 15 is 0 Å². The summed E-state index contributed by atoms with van der Waals surface area (Å²) in [5.41, 5.74) is 2.35. The van der Waals surface area contributed by atoms with E-state index in [9.17, 15) is 0 Å². The second kappa shape index (κ2) is 6.56. The lowest BCUT2D eigenvalue weighted by molar-refractivity contribution is 0.560. The summed E-state index contributed by atoms with van der Waals surface area (Å²) in [6.07, 6.45) is 2.80. The maximum atomic E-state index is 6.31. The summed E-state index contributed by atoms with van der Waals surface area (Å²) in [4.78, 5) is 5.64. The summed E-state index contributed by atoms with van der Waals surface area (Å²) in [7, 11) is 0. The van der Waals surface area contributed by atoms with Gasteiger partial charge < -0.3 is 5.32 Å². The third-order valence-electron chi connectivity index (χ3n) is 3.58. The van der Waals surface area contributed by atoms with Crippen molar-refractivity contribution in [3.8, 4) is 0 Å². The average molecular weight is 317 g/mol. The molecule has 2 aromatic heterocycles. The normalized spacial score (nSPS) is 12.7. The van der Waals surface area contributed by atoms with E-state index in [0.29, 0.717) is 0 Å². The number of hydrogen-bond donors (Lipinski definition) is 1. The number of nitrogens with zero attached hydrogens (tertiary/aromatic N) is 1. The van der Waals surface area contributed by atoms with Gasteiger partial charge in [-0.05, 0) is 42.1 Å². The molecule has 0 saturated carbocycles. The summed E-state index contributed by atoms with van der Waals surface area (Å²) in [5, 5.41) is 7.66.